The van der Waals surface area contributed by atoms with Gasteiger partial charge in [-0.05, 0) is 26.0 Å². The molecule has 0 amide bonds. The van der Waals surface area contributed by atoms with Gasteiger partial charge in [0.15, 0.2) is 0 Å². The van der Waals surface area contributed by atoms with Crippen LogP contribution in [0.4, 0.5) is 11.5 Å². The molecular formula is C13H24N4S. The van der Waals surface area contributed by atoms with Crippen LogP contribution in [0.25, 0.3) is 0 Å². The second kappa shape index (κ2) is 5.43. The first-order valence-corrected chi connectivity index (χ1v) is 7.88. The summed E-state index contributed by atoms with van der Waals surface area (Å²) in [6.45, 7) is 2.93. The normalized spacial score (nSPS) is 18.8. The fraction of sp³-hybridized carbons (Fsp3) is 0.769. The van der Waals surface area contributed by atoms with Gasteiger partial charge >= 0.3 is 0 Å². The second-order valence-corrected chi connectivity index (χ2v) is 6.55. The predicted octanol–water partition coefficient (Wildman–Crippen LogP) is 2.79. The van der Waals surface area contributed by atoms with Crippen LogP contribution in [0, 0.1) is 6.92 Å². The number of rotatable bonds is 4. The monoisotopic (exact) mass is 268 g/mol. The highest BCUT2D eigenvalue weighted by Crippen LogP contribution is 2.39. The number of thioether (sulfide) groups is 1. The molecule has 0 radical (unpaired) electrons. The molecule has 4 nitrogen and oxygen atoms in total. The standard InChI is InChI=1S/C13H24N4S/c1-10-11(14)12(17(2)16-10)15-9-13(18-3)7-5-4-6-8-13/h15H,4-9,14H2,1-3H3. The fourth-order valence-electron chi connectivity index (χ4n) is 2.78. The van der Waals surface area contributed by atoms with Gasteiger partial charge in [-0.2, -0.15) is 16.9 Å². The lowest BCUT2D eigenvalue weighted by Crippen LogP contribution is -2.36. The number of hydrogen-bond acceptors (Lipinski definition) is 4. The Morgan fingerprint density at radius 1 is 1.39 bits per heavy atom. The molecule has 0 aromatic carbocycles. The van der Waals surface area contributed by atoms with E-state index in [9.17, 15) is 0 Å². The van der Waals surface area contributed by atoms with E-state index in [2.05, 4.69) is 16.7 Å². The molecular weight excluding hydrogens is 244 g/mol. The highest BCUT2D eigenvalue weighted by Gasteiger charge is 2.31. The van der Waals surface area contributed by atoms with E-state index in [0.717, 1.165) is 23.7 Å². The van der Waals surface area contributed by atoms with E-state index in [1.807, 2.05) is 30.4 Å². The van der Waals surface area contributed by atoms with Gasteiger partial charge in [0, 0.05) is 18.3 Å². The molecule has 0 atom stereocenters. The molecule has 3 N–H and O–H groups in total. The number of aromatic nitrogens is 2. The van der Waals surface area contributed by atoms with Crippen molar-refractivity contribution in [2.75, 3.05) is 23.9 Å². The van der Waals surface area contributed by atoms with E-state index in [0.29, 0.717) is 4.75 Å². The lowest BCUT2D eigenvalue weighted by Gasteiger charge is -2.36. The van der Waals surface area contributed by atoms with Gasteiger partial charge in [-0.15, -0.1) is 0 Å². The summed E-state index contributed by atoms with van der Waals surface area (Å²) in [5, 5.41) is 7.86. The lowest BCUT2D eigenvalue weighted by molar-refractivity contribution is 0.411. The summed E-state index contributed by atoms with van der Waals surface area (Å²) in [7, 11) is 1.94. The van der Waals surface area contributed by atoms with E-state index in [-0.39, 0.29) is 0 Å². The van der Waals surface area contributed by atoms with Crippen LogP contribution in [0.3, 0.4) is 0 Å². The zero-order valence-electron chi connectivity index (χ0n) is 11.6. The van der Waals surface area contributed by atoms with Crippen LogP contribution >= 0.6 is 11.8 Å². The van der Waals surface area contributed by atoms with Gasteiger partial charge in [-0.25, -0.2) is 0 Å². The Morgan fingerprint density at radius 3 is 2.56 bits per heavy atom. The van der Waals surface area contributed by atoms with Crippen LogP contribution in [0.5, 0.6) is 0 Å². The van der Waals surface area contributed by atoms with Gasteiger partial charge in [0.2, 0.25) is 0 Å². The molecule has 102 valence electrons. The van der Waals surface area contributed by atoms with Gasteiger partial charge in [-0.3, -0.25) is 4.68 Å². The molecule has 1 aliphatic carbocycles. The minimum absolute atomic E-state index is 0.378. The minimum Gasteiger partial charge on any atom is -0.394 e. The molecule has 0 unspecified atom stereocenters. The number of anilines is 2. The van der Waals surface area contributed by atoms with Gasteiger partial charge < -0.3 is 11.1 Å². The van der Waals surface area contributed by atoms with Crippen molar-refractivity contribution < 1.29 is 0 Å². The maximum absolute atomic E-state index is 6.05. The van der Waals surface area contributed by atoms with E-state index in [1.165, 1.54) is 32.1 Å². The third-order valence-corrected chi connectivity index (χ3v) is 5.46. The average molecular weight is 268 g/mol. The van der Waals surface area contributed by atoms with Crippen molar-refractivity contribution in [3.63, 3.8) is 0 Å². The molecule has 0 aliphatic heterocycles. The topological polar surface area (TPSA) is 55.9 Å². The SMILES string of the molecule is CSC1(CNc2c(N)c(C)nn2C)CCCCC1. The molecule has 0 spiro atoms. The van der Waals surface area contributed by atoms with Gasteiger partial charge in [-0.1, -0.05) is 19.3 Å². The molecule has 1 heterocycles. The summed E-state index contributed by atoms with van der Waals surface area (Å²) < 4.78 is 2.23. The molecule has 0 bridgehead atoms. The Balaban J connectivity index is 2.05. The Kier molecular flexibility index (Phi) is 4.10. The Labute approximate surface area is 114 Å². The van der Waals surface area contributed by atoms with Crippen LogP contribution in [-0.4, -0.2) is 27.3 Å². The van der Waals surface area contributed by atoms with E-state index >= 15 is 0 Å². The number of hydrogen-bond donors (Lipinski definition) is 2. The zero-order chi connectivity index (χ0) is 13.2. The van der Waals surface area contributed by atoms with Crippen LogP contribution < -0.4 is 11.1 Å². The maximum atomic E-state index is 6.05. The molecule has 2 rings (SSSR count). The van der Waals surface area contributed by atoms with Crippen LogP contribution in [0.2, 0.25) is 0 Å². The Morgan fingerprint density at radius 2 is 2.06 bits per heavy atom. The maximum Gasteiger partial charge on any atom is 0.147 e. The number of nitrogen functional groups attached to an aromatic ring is 1. The highest BCUT2D eigenvalue weighted by atomic mass is 32.2. The number of nitrogens with two attached hydrogens (primary N) is 1. The van der Waals surface area contributed by atoms with Crippen molar-refractivity contribution in [1.29, 1.82) is 0 Å². The third kappa shape index (κ3) is 2.60. The third-order valence-electron chi connectivity index (χ3n) is 4.04. The molecule has 18 heavy (non-hydrogen) atoms. The zero-order valence-corrected chi connectivity index (χ0v) is 12.4. The molecule has 1 saturated carbocycles. The van der Waals surface area contributed by atoms with E-state index in [4.69, 9.17) is 5.73 Å². The number of nitrogens with one attached hydrogen (secondary N) is 1. The summed E-state index contributed by atoms with van der Waals surface area (Å²) in [5.74, 6) is 0.964. The number of nitrogens with zero attached hydrogens (tertiary/aromatic N) is 2. The first-order valence-electron chi connectivity index (χ1n) is 6.66. The summed E-state index contributed by atoms with van der Waals surface area (Å²) >= 11 is 2.00. The average Bonchev–Trinajstić information content (AvgIpc) is 2.62. The second-order valence-electron chi connectivity index (χ2n) is 5.27. The van der Waals surface area contributed by atoms with Crippen LogP contribution in [0.15, 0.2) is 0 Å². The largest absolute Gasteiger partial charge is 0.394 e. The summed E-state index contributed by atoms with van der Waals surface area (Å²) in [6.07, 6.45) is 8.92. The lowest BCUT2D eigenvalue weighted by atomic mass is 9.88. The first-order chi connectivity index (χ1) is 8.58. The fourth-order valence-corrected chi connectivity index (χ4v) is 3.69. The summed E-state index contributed by atoms with van der Waals surface area (Å²) in [5.41, 5.74) is 7.74. The first kappa shape index (κ1) is 13.6. The smallest absolute Gasteiger partial charge is 0.147 e. The van der Waals surface area contributed by atoms with Crippen molar-refractivity contribution in [1.82, 2.24) is 9.78 Å². The molecule has 1 aromatic rings. The predicted molar refractivity (Wildman–Crippen MR) is 80.2 cm³/mol. The molecule has 1 aliphatic rings. The van der Waals surface area contributed by atoms with Crippen molar-refractivity contribution in [2.24, 2.45) is 7.05 Å². The van der Waals surface area contributed by atoms with Crippen molar-refractivity contribution in [3.05, 3.63) is 5.69 Å². The molecule has 1 fully saturated rings. The van der Waals surface area contributed by atoms with Crippen molar-refractivity contribution in [2.45, 2.75) is 43.8 Å². The number of aryl methyl sites for hydroxylation is 2. The van der Waals surface area contributed by atoms with E-state index < -0.39 is 0 Å². The Hall–Kier alpha value is -0.840. The van der Waals surface area contributed by atoms with Gasteiger partial charge in [0.25, 0.3) is 0 Å². The highest BCUT2D eigenvalue weighted by molar-refractivity contribution is 8.00. The summed E-state index contributed by atoms with van der Waals surface area (Å²) in [6, 6.07) is 0. The molecule has 1 aromatic heterocycles. The molecule has 0 saturated heterocycles. The van der Waals surface area contributed by atoms with Crippen LogP contribution in [-0.2, 0) is 7.05 Å². The van der Waals surface area contributed by atoms with Crippen molar-refractivity contribution in [3.8, 4) is 0 Å². The van der Waals surface area contributed by atoms with Gasteiger partial charge in [0.1, 0.15) is 5.82 Å². The van der Waals surface area contributed by atoms with Crippen LogP contribution in [0.1, 0.15) is 37.8 Å². The van der Waals surface area contributed by atoms with Gasteiger partial charge in [0.05, 0.1) is 11.4 Å². The molecule has 5 heteroatoms. The quantitative estimate of drug-likeness (QED) is 0.881. The Bertz CT molecular complexity index is 407. The van der Waals surface area contributed by atoms with Crippen molar-refractivity contribution >= 4 is 23.3 Å². The van der Waals surface area contributed by atoms with E-state index in [1.54, 1.807) is 0 Å². The summed E-state index contributed by atoms with van der Waals surface area (Å²) in [4.78, 5) is 0. The minimum atomic E-state index is 0.378.